The molecule has 0 amide bonds. The zero-order valence-corrected chi connectivity index (χ0v) is 29.7. The van der Waals surface area contributed by atoms with Gasteiger partial charge in [-0.15, -0.1) is 0 Å². The zero-order valence-electron chi connectivity index (χ0n) is 28.7. The van der Waals surface area contributed by atoms with Gasteiger partial charge in [-0.2, -0.15) is 0 Å². The molecule has 0 radical (unpaired) electrons. The highest BCUT2D eigenvalue weighted by Crippen LogP contribution is 2.44. The molecule has 0 bridgehead atoms. The Labute approximate surface area is 271 Å². The van der Waals surface area contributed by atoms with Crippen LogP contribution in [0.15, 0.2) is 41.2 Å². The van der Waals surface area contributed by atoms with Crippen LogP contribution in [0.2, 0.25) is 18.1 Å². The molecule has 46 heavy (non-hydrogen) atoms. The van der Waals surface area contributed by atoms with E-state index in [-0.39, 0.29) is 28.8 Å². The Balaban J connectivity index is 1.75. The highest BCUT2D eigenvalue weighted by atomic mass is 28.4. The molecule has 1 unspecified atom stereocenters. The van der Waals surface area contributed by atoms with Gasteiger partial charge in [0.15, 0.2) is 13.9 Å². The minimum absolute atomic E-state index is 0.0926. The summed E-state index contributed by atoms with van der Waals surface area (Å²) in [5.41, 5.74) is 4.94. The molecule has 0 aliphatic heterocycles. The highest BCUT2D eigenvalue weighted by Gasteiger charge is 2.37. The highest BCUT2D eigenvalue weighted by molar-refractivity contribution is 6.74. The maximum Gasteiger partial charge on any atom is 0.347 e. The van der Waals surface area contributed by atoms with Crippen molar-refractivity contribution in [3.63, 3.8) is 0 Å². The zero-order chi connectivity index (χ0) is 33.7. The number of aromatic nitrogens is 2. The fourth-order valence-electron chi connectivity index (χ4n) is 6.10. The van der Waals surface area contributed by atoms with Crippen molar-refractivity contribution in [1.82, 2.24) is 9.13 Å². The average molecular weight is 647 g/mol. The summed E-state index contributed by atoms with van der Waals surface area (Å²) >= 11 is 0. The number of carbonyl (C=O) groups excluding carboxylic acids is 1. The van der Waals surface area contributed by atoms with Crippen LogP contribution in [0.25, 0.3) is 22.2 Å². The lowest BCUT2D eigenvalue weighted by atomic mass is 9.92. The number of ether oxygens (including phenoxy) is 3. The summed E-state index contributed by atoms with van der Waals surface area (Å²) < 4.78 is 26.4. The summed E-state index contributed by atoms with van der Waals surface area (Å²) in [5, 5.41) is 12.6. The lowest BCUT2D eigenvalue weighted by Crippen LogP contribution is -2.40. The first-order chi connectivity index (χ1) is 21.6. The molecule has 4 aromatic rings. The third-order valence-electron chi connectivity index (χ3n) is 10.1. The molecule has 10 heteroatoms. The second-order valence-electron chi connectivity index (χ2n) is 13.8. The van der Waals surface area contributed by atoms with E-state index in [1.54, 1.807) is 30.9 Å². The fraction of sp³-hybridized carbons (Fsp3) is 0.444. The van der Waals surface area contributed by atoms with E-state index >= 15 is 0 Å². The Morgan fingerprint density at radius 1 is 1.07 bits per heavy atom. The summed E-state index contributed by atoms with van der Waals surface area (Å²) in [6, 6.07) is 11.9. The summed E-state index contributed by atoms with van der Waals surface area (Å²) in [6.45, 7) is 14.0. The number of pyridine rings is 1. The second-order valence-corrected chi connectivity index (χ2v) is 18.6. The smallest absolute Gasteiger partial charge is 0.347 e. The summed E-state index contributed by atoms with van der Waals surface area (Å²) in [4.78, 5) is 27.1. The van der Waals surface area contributed by atoms with Gasteiger partial charge in [0.1, 0.15) is 17.2 Å². The average Bonchev–Trinajstić information content (AvgIpc) is 3.24. The van der Waals surface area contributed by atoms with E-state index in [2.05, 4.69) is 70.6 Å². The SMILES string of the molecule is COC(=O)c1c(O)c2c(n(Cc3ccc(OC)cc3OC)c1=O)-c1cc3cc(CO[Si](C)(C)C(C)(C)C)n(C)c3cc1C(C)CC2. The molecule has 0 spiro atoms. The second kappa shape index (κ2) is 12.3. The van der Waals surface area contributed by atoms with Gasteiger partial charge in [-0.25, -0.2) is 4.79 Å². The molecule has 2 aromatic heterocycles. The van der Waals surface area contributed by atoms with Gasteiger partial charge in [-0.3, -0.25) is 4.79 Å². The predicted octanol–water partition coefficient (Wildman–Crippen LogP) is 7.14. The van der Waals surface area contributed by atoms with E-state index in [1.165, 1.54) is 7.11 Å². The first kappa shape index (κ1) is 33.3. The number of nitrogens with zero attached hydrogens (tertiary/aromatic N) is 2. The Hall–Kier alpha value is -4.02. The maximum atomic E-state index is 14.2. The van der Waals surface area contributed by atoms with Crippen molar-refractivity contribution in [3.05, 3.63) is 74.7 Å². The molecular formula is C36H46N2O7Si. The van der Waals surface area contributed by atoms with E-state index < -0.39 is 19.8 Å². The number of hydrogen-bond donors (Lipinski definition) is 1. The molecule has 2 aromatic carbocycles. The number of rotatable bonds is 8. The summed E-state index contributed by atoms with van der Waals surface area (Å²) in [6.07, 6.45) is 1.19. The minimum Gasteiger partial charge on any atom is -0.506 e. The minimum atomic E-state index is -1.97. The lowest BCUT2D eigenvalue weighted by molar-refractivity contribution is 0.0594. The van der Waals surface area contributed by atoms with E-state index in [0.717, 1.165) is 39.7 Å². The largest absolute Gasteiger partial charge is 0.506 e. The van der Waals surface area contributed by atoms with Crippen LogP contribution < -0.4 is 15.0 Å². The quantitative estimate of drug-likeness (QED) is 0.160. The Morgan fingerprint density at radius 2 is 1.78 bits per heavy atom. The molecule has 0 saturated heterocycles. The van der Waals surface area contributed by atoms with Crippen LogP contribution in [0.4, 0.5) is 0 Å². The maximum absolute atomic E-state index is 14.2. The van der Waals surface area contributed by atoms with Gasteiger partial charge in [0, 0.05) is 46.4 Å². The first-order valence-electron chi connectivity index (χ1n) is 15.7. The number of hydrogen-bond acceptors (Lipinski definition) is 7. The van der Waals surface area contributed by atoms with Gasteiger partial charge < -0.3 is 32.9 Å². The van der Waals surface area contributed by atoms with Gasteiger partial charge in [0.25, 0.3) is 5.56 Å². The fourth-order valence-corrected chi connectivity index (χ4v) is 7.04. The van der Waals surface area contributed by atoms with Crippen LogP contribution in [-0.4, -0.2) is 49.9 Å². The Kier molecular flexibility index (Phi) is 8.91. The van der Waals surface area contributed by atoms with Crippen LogP contribution in [-0.2, 0) is 35.8 Å². The van der Waals surface area contributed by atoms with Crippen LogP contribution in [0.3, 0.4) is 0 Å². The molecule has 9 nitrogen and oxygen atoms in total. The third kappa shape index (κ3) is 5.73. The topological polar surface area (TPSA) is 101 Å². The van der Waals surface area contributed by atoms with E-state index in [4.69, 9.17) is 18.6 Å². The van der Waals surface area contributed by atoms with E-state index in [1.807, 2.05) is 6.07 Å². The summed E-state index contributed by atoms with van der Waals surface area (Å²) in [7, 11) is 4.44. The molecule has 1 aliphatic carbocycles. The van der Waals surface area contributed by atoms with Crippen LogP contribution in [0, 0.1) is 0 Å². The number of benzene rings is 2. The third-order valence-corrected chi connectivity index (χ3v) is 14.5. The molecule has 246 valence electrons. The molecule has 2 heterocycles. The molecular weight excluding hydrogens is 600 g/mol. The van der Waals surface area contributed by atoms with Gasteiger partial charge in [0.05, 0.1) is 40.2 Å². The van der Waals surface area contributed by atoms with Gasteiger partial charge in [-0.1, -0.05) is 27.7 Å². The Morgan fingerprint density at radius 3 is 2.41 bits per heavy atom. The van der Waals surface area contributed by atoms with Crippen molar-refractivity contribution >= 4 is 25.2 Å². The van der Waals surface area contributed by atoms with Crippen molar-refractivity contribution in [3.8, 4) is 28.5 Å². The van der Waals surface area contributed by atoms with Crippen molar-refractivity contribution in [2.24, 2.45) is 7.05 Å². The normalized spacial score (nSPS) is 14.9. The molecule has 1 atom stereocenters. The van der Waals surface area contributed by atoms with Crippen LogP contribution >= 0.6 is 0 Å². The lowest BCUT2D eigenvalue weighted by Gasteiger charge is -2.36. The number of carbonyl (C=O) groups is 1. The molecule has 5 rings (SSSR count). The van der Waals surface area contributed by atoms with Crippen molar-refractivity contribution < 1.29 is 28.5 Å². The number of aryl methyl sites for hydroxylation is 1. The Bertz CT molecular complexity index is 1880. The van der Waals surface area contributed by atoms with Crippen molar-refractivity contribution in [2.45, 2.75) is 77.7 Å². The molecule has 0 fully saturated rings. The first-order valence-corrected chi connectivity index (χ1v) is 18.6. The standard InChI is InChI=1S/C36H46N2O7Si/c1-21-11-14-26-32(28-16-23-15-24(37(5)29(23)18-27(21)28)20-45-46(9,10)36(2,3)4)38(34(40)31(33(26)39)35(41)44-8)19-22-12-13-25(42-6)17-30(22)43-7/h12-13,15-18,21,39H,11,14,19-20H2,1-10H3. The van der Waals surface area contributed by atoms with E-state index in [9.17, 15) is 14.7 Å². The number of esters is 1. The number of aromatic hydroxyl groups is 1. The van der Waals surface area contributed by atoms with Gasteiger partial charge in [0.2, 0.25) is 0 Å². The van der Waals surface area contributed by atoms with Crippen LogP contribution in [0.1, 0.15) is 72.8 Å². The van der Waals surface area contributed by atoms with E-state index in [0.29, 0.717) is 35.8 Å². The van der Waals surface area contributed by atoms with Gasteiger partial charge >= 0.3 is 5.97 Å². The summed E-state index contributed by atoms with van der Waals surface area (Å²) in [5.74, 6) is 0.0878. The predicted molar refractivity (Wildman–Crippen MR) is 183 cm³/mol. The molecule has 0 saturated carbocycles. The number of fused-ring (bicyclic) bond motifs is 4. The molecule has 1 N–H and O–H groups in total. The monoisotopic (exact) mass is 646 g/mol. The van der Waals surface area contributed by atoms with Gasteiger partial charge in [-0.05, 0) is 72.8 Å². The number of methoxy groups -OCH3 is 3. The van der Waals surface area contributed by atoms with Crippen LogP contribution in [0.5, 0.6) is 17.2 Å². The molecule has 1 aliphatic rings. The van der Waals surface area contributed by atoms with Crippen molar-refractivity contribution in [2.75, 3.05) is 21.3 Å². The van der Waals surface area contributed by atoms with Crippen molar-refractivity contribution in [1.29, 1.82) is 0 Å².